The van der Waals surface area contributed by atoms with Gasteiger partial charge < -0.3 is 25.5 Å². The lowest BCUT2D eigenvalue weighted by molar-refractivity contribution is 0.150. The largest absolute Gasteiger partial charge is 0.495 e. The molecule has 0 saturated heterocycles. The molecule has 1 aromatic heterocycles. The predicted octanol–water partition coefficient (Wildman–Crippen LogP) is 0.441. The Hall–Kier alpha value is -2.48. The quantitative estimate of drug-likeness (QED) is 0.516. The van der Waals surface area contributed by atoms with Gasteiger partial charge in [0.15, 0.2) is 0 Å². The molecule has 1 amide bonds. The highest BCUT2D eigenvalue weighted by Crippen LogP contribution is 2.21. The molecule has 0 spiro atoms. The number of alkyl carbamates (subject to hydrolysis) is 1. The van der Waals surface area contributed by atoms with E-state index < -0.39 is 6.09 Å². The van der Waals surface area contributed by atoms with Crippen LogP contribution in [0.3, 0.4) is 0 Å². The van der Waals surface area contributed by atoms with Crippen molar-refractivity contribution in [1.29, 1.82) is 0 Å². The molecule has 0 radical (unpaired) electrons. The summed E-state index contributed by atoms with van der Waals surface area (Å²) in [7, 11) is 4.67. The highest BCUT2D eigenvalue weighted by atomic mass is 16.5. The summed E-state index contributed by atoms with van der Waals surface area (Å²) in [4.78, 5) is 15.7. The molecule has 1 rings (SSSR count). The van der Waals surface area contributed by atoms with Crippen molar-refractivity contribution in [3.8, 4) is 5.75 Å². The van der Waals surface area contributed by atoms with Gasteiger partial charge in [0.05, 0.1) is 29.9 Å². The zero-order chi connectivity index (χ0) is 16.7. The third-order valence-electron chi connectivity index (χ3n) is 3.04. The van der Waals surface area contributed by atoms with E-state index in [-0.39, 0.29) is 6.61 Å². The molecule has 8 nitrogen and oxygen atoms in total. The van der Waals surface area contributed by atoms with Gasteiger partial charge in [0.25, 0.3) is 0 Å². The third kappa shape index (κ3) is 4.26. The fraction of sp³-hybridized carbons (Fsp3) is 0.429. The van der Waals surface area contributed by atoms with Crippen LogP contribution in [0.15, 0.2) is 17.8 Å². The summed E-state index contributed by atoms with van der Waals surface area (Å²) in [5, 5.41) is 3.66. The minimum Gasteiger partial charge on any atom is -0.495 e. The van der Waals surface area contributed by atoms with E-state index in [2.05, 4.69) is 10.3 Å². The van der Waals surface area contributed by atoms with Crippen LogP contribution >= 0.6 is 0 Å². The lowest BCUT2D eigenvalue weighted by Crippen LogP contribution is -2.32. The molecule has 1 heterocycles. The molecule has 0 aliphatic carbocycles. The zero-order valence-corrected chi connectivity index (χ0v) is 13.3. The van der Waals surface area contributed by atoms with E-state index >= 15 is 0 Å². The number of aromatic nitrogens is 1. The van der Waals surface area contributed by atoms with Crippen molar-refractivity contribution in [3.63, 3.8) is 0 Å². The lowest BCUT2D eigenvalue weighted by Gasteiger charge is -2.19. The third-order valence-corrected chi connectivity index (χ3v) is 3.04. The van der Waals surface area contributed by atoms with Crippen LogP contribution in [0, 0.1) is 0 Å². The minimum atomic E-state index is -0.566. The summed E-state index contributed by atoms with van der Waals surface area (Å²) in [6.45, 7) is 1.91. The van der Waals surface area contributed by atoms with Crippen LogP contribution in [0.4, 0.5) is 4.79 Å². The predicted molar refractivity (Wildman–Crippen MR) is 83.6 cm³/mol. The Bertz CT molecular complexity index is 557. The van der Waals surface area contributed by atoms with E-state index in [1.54, 1.807) is 26.3 Å². The van der Waals surface area contributed by atoms with Crippen molar-refractivity contribution < 1.29 is 14.3 Å². The van der Waals surface area contributed by atoms with Crippen LogP contribution in [-0.4, -0.2) is 43.9 Å². The van der Waals surface area contributed by atoms with E-state index in [1.807, 2.05) is 6.92 Å². The Labute approximate surface area is 130 Å². The highest BCUT2D eigenvalue weighted by Gasteiger charge is 2.14. The van der Waals surface area contributed by atoms with Crippen LogP contribution in [0.5, 0.6) is 5.75 Å². The first-order valence-corrected chi connectivity index (χ1v) is 6.80. The molecule has 0 aliphatic heterocycles. The van der Waals surface area contributed by atoms with Gasteiger partial charge >= 0.3 is 6.09 Å². The van der Waals surface area contributed by atoms with E-state index in [9.17, 15) is 4.79 Å². The first-order valence-electron chi connectivity index (χ1n) is 6.80. The number of nitrogens with zero attached hydrogens (tertiary/aromatic N) is 2. The zero-order valence-electron chi connectivity index (χ0n) is 13.3. The second-order valence-corrected chi connectivity index (χ2v) is 4.50. The Morgan fingerprint density at radius 2 is 2.14 bits per heavy atom. The number of pyridine rings is 1. The molecule has 8 heteroatoms. The monoisotopic (exact) mass is 309 g/mol. The van der Waals surface area contributed by atoms with Crippen molar-refractivity contribution in [2.45, 2.75) is 13.3 Å². The Kier molecular flexibility index (Phi) is 6.46. The van der Waals surface area contributed by atoms with Crippen LogP contribution in [0.1, 0.15) is 18.3 Å². The maximum atomic E-state index is 11.2. The van der Waals surface area contributed by atoms with Gasteiger partial charge in [-0.05, 0) is 18.6 Å². The molecule has 0 unspecified atom stereocenters. The topological polar surface area (TPSA) is 116 Å². The van der Waals surface area contributed by atoms with E-state index in [4.69, 9.17) is 21.1 Å². The molecular weight excluding hydrogens is 286 g/mol. The van der Waals surface area contributed by atoms with Gasteiger partial charge in [-0.15, -0.1) is 0 Å². The molecule has 0 aliphatic rings. The van der Waals surface area contributed by atoms with E-state index in [0.29, 0.717) is 29.3 Å². The number of methoxy groups -OCH3 is 1. The van der Waals surface area contributed by atoms with Gasteiger partial charge in [-0.2, -0.15) is 0 Å². The van der Waals surface area contributed by atoms with E-state index in [0.717, 1.165) is 5.69 Å². The number of amides is 1. The second-order valence-electron chi connectivity index (χ2n) is 4.50. The standard InChI is InChI=1S/C14H23N5O3/c1-5-9-12(21-4)7-6-10(18-9)13(15)11(19(3)16)8-22-14(20)17-2/h6-7H,5,8,15-16H2,1-4H3,(H,17,20)/b13-11-. The number of ether oxygens (including phenoxy) is 2. The van der Waals surface area contributed by atoms with Crippen LogP contribution < -0.4 is 21.6 Å². The van der Waals surface area contributed by atoms with Gasteiger partial charge in [0.1, 0.15) is 12.4 Å². The fourth-order valence-electron chi connectivity index (χ4n) is 1.80. The Balaban J connectivity index is 3.15. The molecular formula is C14H23N5O3. The average Bonchev–Trinajstić information content (AvgIpc) is 2.53. The van der Waals surface area contributed by atoms with Gasteiger partial charge in [-0.25, -0.2) is 15.6 Å². The summed E-state index contributed by atoms with van der Waals surface area (Å²) >= 11 is 0. The smallest absolute Gasteiger partial charge is 0.407 e. The van der Waals surface area contributed by atoms with Crippen LogP contribution in [0.25, 0.3) is 5.70 Å². The fourth-order valence-corrected chi connectivity index (χ4v) is 1.80. The maximum absolute atomic E-state index is 11.2. The summed E-state index contributed by atoms with van der Waals surface area (Å²) in [5.41, 5.74) is 8.25. The first-order chi connectivity index (χ1) is 10.4. The number of nitrogens with one attached hydrogen (secondary N) is 1. The lowest BCUT2D eigenvalue weighted by atomic mass is 10.2. The number of carbonyl (C=O) groups is 1. The number of carbonyl (C=O) groups excluding carboxylic acids is 1. The number of hydrogen-bond donors (Lipinski definition) is 3. The minimum absolute atomic E-state index is 0.0618. The second kappa shape index (κ2) is 8.08. The Morgan fingerprint density at radius 3 is 2.64 bits per heavy atom. The van der Waals surface area contributed by atoms with Gasteiger partial charge in [-0.3, -0.25) is 0 Å². The number of hydrazine groups is 1. The summed E-state index contributed by atoms with van der Waals surface area (Å²) in [6, 6.07) is 3.53. The molecule has 0 fully saturated rings. The summed E-state index contributed by atoms with van der Waals surface area (Å²) < 4.78 is 10.2. The molecule has 0 atom stereocenters. The number of nitrogens with two attached hydrogens (primary N) is 2. The SMILES string of the molecule is CCc1nc(/C(N)=C(\COC(=O)NC)N(C)N)ccc1OC. The molecule has 22 heavy (non-hydrogen) atoms. The van der Waals surface area contributed by atoms with Crippen molar-refractivity contribution >= 4 is 11.8 Å². The first kappa shape index (κ1) is 17.6. The molecule has 1 aromatic rings. The Morgan fingerprint density at radius 1 is 1.45 bits per heavy atom. The van der Waals surface area contributed by atoms with Crippen molar-refractivity contribution in [2.75, 3.05) is 27.8 Å². The van der Waals surface area contributed by atoms with Crippen molar-refractivity contribution in [3.05, 3.63) is 29.2 Å². The number of hydrogen-bond acceptors (Lipinski definition) is 7. The molecule has 5 N–H and O–H groups in total. The summed E-state index contributed by atoms with van der Waals surface area (Å²) in [6.07, 6.45) is 0.136. The van der Waals surface area contributed by atoms with Gasteiger partial charge in [0.2, 0.25) is 0 Å². The molecule has 0 bridgehead atoms. The van der Waals surface area contributed by atoms with Crippen molar-refractivity contribution in [1.82, 2.24) is 15.3 Å². The molecule has 0 aromatic carbocycles. The average molecular weight is 309 g/mol. The van der Waals surface area contributed by atoms with Crippen molar-refractivity contribution in [2.24, 2.45) is 11.6 Å². The molecule has 0 saturated carbocycles. The number of rotatable bonds is 6. The van der Waals surface area contributed by atoms with Crippen LogP contribution in [0.2, 0.25) is 0 Å². The normalized spacial score (nSPS) is 11.5. The number of aryl methyl sites for hydroxylation is 1. The van der Waals surface area contributed by atoms with E-state index in [1.165, 1.54) is 12.1 Å². The molecule has 122 valence electrons. The summed E-state index contributed by atoms with van der Waals surface area (Å²) in [5.74, 6) is 6.46. The maximum Gasteiger partial charge on any atom is 0.407 e. The number of likely N-dealkylation sites (N-methyl/N-ethyl adjacent to an activating group) is 1. The van der Waals surface area contributed by atoms with Gasteiger partial charge in [-0.1, -0.05) is 6.92 Å². The van der Waals surface area contributed by atoms with Crippen LogP contribution in [-0.2, 0) is 11.2 Å². The van der Waals surface area contributed by atoms with Gasteiger partial charge in [0, 0.05) is 14.1 Å². The highest BCUT2D eigenvalue weighted by molar-refractivity contribution is 5.68.